The number of nitrogens with zero attached hydrogens (tertiary/aromatic N) is 4. The van der Waals surface area contributed by atoms with E-state index in [9.17, 15) is 18.5 Å². The van der Waals surface area contributed by atoms with Crippen molar-refractivity contribution in [3.8, 4) is 11.8 Å². The molecule has 0 atom stereocenters. The summed E-state index contributed by atoms with van der Waals surface area (Å²) >= 11 is 12.9. The molecule has 0 saturated heterocycles. The number of carbonyl (C=O) groups is 1. The molecular formula is C19H15Cl2N5O3S2. The SMILES string of the molecule is Cc1cc(/C=C(/C#N)C(=O)Nc2nnc(S(C)(=O)=O)s2)c(C)n1-c1cc(Cl)cc(Cl)c1. The van der Waals surface area contributed by atoms with Crippen LogP contribution in [0.4, 0.5) is 5.13 Å². The van der Waals surface area contributed by atoms with Crippen molar-refractivity contribution < 1.29 is 13.2 Å². The molecule has 160 valence electrons. The van der Waals surface area contributed by atoms with Gasteiger partial charge in [-0.2, -0.15) is 5.26 Å². The Morgan fingerprint density at radius 2 is 1.84 bits per heavy atom. The monoisotopic (exact) mass is 495 g/mol. The highest BCUT2D eigenvalue weighted by Gasteiger charge is 2.18. The normalized spacial score (nSPS) is 11.9. The van der Waals surface area contributed by atoms with Gasteiger partial charge in [0, 0.05) is 33.4 Å². The third-order valence-electron chi connectivity index (χ3n) is 4.18. The number of halogens is 2. The van der Waals surface area contributed by atoms with Crippen LogP contribution in [0.5, 0.6) is 0 Å². The minimum Gasteiger partial charge on any atom is -0.318 e. The molecule has 0 aliphatic rings. The molecule has 0 unspecified atom stereocenters. The highest BCUT2D eigenvalue weighted by atomic mass is 35.5. The second-order valence-corrected chi connectivity index (χ2v) is 10.6. The van der Waals surface area contributed by atoms with Gasteiger partial charge in [-0.25, -0.2) is 8.42 Å². The fourth-order valence-corrected chi connectivity index (χ4v) is 4.90. The maximum absolute atomic E-state index is 12.5. The molecule has 8 nitrogen and oxygen atoms in total. The molecule has 1 N–H and O–H groups in total. The fraction of sp³-hybridized carbons (Fsp3) is 0.158. The van der Waals surface area contributed by atoms with Crippen molar-refractivity contribution in [2.45, 2.75) is 18.2 Å². The van der Waals surface area contributed by atoms with E-state index in [0.717, 1.165) is 23.3 Å². The number of carbonyl (C=O) groups excluding carboxylic acids is 1. The maximum atomic E-state index is 12.5. The Hall–Kier alpha value is -2.71. The zero-order chi connectivity index (χ0) is 22.9. The van der Waals surface area contributed by atoms with Crippen molar-refractivity contribution in [3.63, 3.8) is 0 Å². The van der Waals surface area contributed by atoms with Crippen molar-refractivity contribution in [1.29, 1.82) is 5.26 Å². The number of aromatic nitrogens is 3. The van der Waals surface area contributed by atoms with Gasteiger partial charge in [0.25, 0.3) is 5.91 Å². The molecule has 0 fully saturated rings. The summed E-state index contributed by atoms with van der Waals surface area (Å²) in [6.45, 7) is 3.71. The van der Waals surface area contributed by atoms with Crippen molar-refractivity contribution in [1.82, 2.24) is 14.8 Å². The van der Waals surface area contributed by atoms with Crippen LogP contribution in [0.15, 0.2) is 34.2 Å². The van der Waals surface area contributed by atoms with Gasteiger partial charge in [0.15, 0.2) is 0 Å². The molecule has 0 aliphatic carbocycles. The number of hydrogen-bond acceptors (Lipinski definition) is 7. The molecule has 0 radical (unpaired) electrons. The number of sulfone groups is 1. The van der Waals surface area contributed by atoms with Gasteiger partial charge in [-0.3, -0.25) is 10.1 Å². The average Bonchev–Trinajstić information content (AvgIpc) is 3.23. The van der Waals surface area contributed by atoms with E-state index < -0.39 is 15.7 Å². The smallest absolute Gasteiger partial charge is 0.268 e. The van der Waals surface area contributed by atoms with Crippen LogP contribution in [-0.4, -0.2) is 35.3 Å². The molecule has 3 rings (SSSR count). The van der Waals surface area contributed by atoms with Gasteiger partial charge >= 0.3 is 0 Å². The third-order valence-corrected chi connectivity index (χ3v) is 7.13. The van der Waals surface area contributed by atoms with E-state index in [4.69, 9.17) is 23.2 Å². The number of nitrogens with one attached hydrogen (secondary N) is 1. The second kappa shape index (κ2) is 8.80. The summed E-state index contributed by atoms with van der Waals surface area (Å²) in [5.74, 6) is -0.727. The molecule has 1 aromatic carbocycles. The predicted molar refractivity (Wildman–Crippen MR) is 121 cm³/mol. The van der Waals surface area contributed by atoms with E-state index in [2.05, 4.69) is 15.5 Å². The standard InChI is InChI=1S/C19H15Cl2N5O3S2/c1-10-4-12(11(2)26(10)16-7-14(20)6-15(21)8-16)5-13(9-22)17(27)23-18-24-25-19(30-18)31(3,28)29/h4-8H,1-3H3,(H,23,24,27)/b13-5-. The van der Waals surface area contributed by atoms with Crippen molar-refractivity contribution in [2.24, 2.45) is 0 Å². The highest BCUT2D eigenvalue weighted by Crippen LogP contribution is 2.28. The summed E-state index contributed by atoms with van der Waals surface area (Å²) in [6.07, 6.45) is 2.43. The summed E-state index contributed by atoms with van der Waals surface area (Å²) in [5.41, 5.74) is 2.83. The van der Waals surface area contributed by atoms with Crippen molar-refractivity contribution in [2.75, 3.05) is 11.6 Å². The molecule has 1 amide bonds. The molecule has 0 saturated carbocycles. The summed E-state index contributed by atoms with van der Waals surface area (Å²) in [7, 11) is -3.54. The number of benzene rings is 1. The lowest BCUT2D eigenvalue weighted by Gasteiger charge is -2.10. The van der Waals surface area contributed by atoms with E-state index in [1.165, 1.54) is 6.08 Å². The topological polar surface area (TPSA) is 118 Å². The van der Waals surface area contributed by atoms with Crippen LogP contribution in [0, 0.1) is 25.2 Å². The Kier molecular flexibility index (Phi) is 6.52. The lowest BCUT2D eigenvalue weighted by atomic mass is 10.1. The Balaban J connectivity index is 1.93. The van der Waals surface area contributed by atoms with Crippen molar-refractivity contribution >= 4 is 61.5 Å². The van der Waals surface area contributed by atoms with Crippen LogP contribution >= 0.6 is 34.5 Å². The average molecular weight is 496 g/mol. The Bertz CT molecular complexity index is 1350. The van der Waals surface area contributed by atoms with Gasteiger partial charge in [-0.15, -0.1) is 10.2 Å². The number of rotatable bonds is 5. The summed E-state index contributed by atoms with van der Waals surface area (Å²) in [4.78, 5) is 12.5. The first-order valence-electron chi connectivity index (χ1n) is 8.61. The highest BCUT2D eigenvalue weighted by molar-refractivity contribution is 7.92. The zero-order valence-electron chi connectivity index (χ0n) is 16.5. The van der Waals surface area contributed by atoms with E-state index in [1.54, 1.807) is 18.2 Å². The fourth-order valence-electron chi connectivity index (χ4n) is 2.88. The van der Waals surface area contributed by atoms with Gasteiger partial charge in [-0.05, 0) is 49.8 Å². The van der Waals surface area contributed by atoms with Gasteiger partial charge in [0.05, 0.1) is 0 Å². The summed E-state index contributed by atoms with van der Waals surface area (Å²) in [6, 6.07) is 8.82. The van der Waals surface area contributed by atoms with Crippen LogP contribution in [0.2, 0.25) is 10.0 Å². The second-order valence-electron chi connectivity index (χ2n) is 6.56. The first kappa shape index (κ1) is 23.0. The molecule has 12 heteroatoms. The van der Waals surface area contributed by atoms with Crippen molar-refractivity contribution in [3.05, 3.63) is 56.8 Å². The number of anilines is 1. The molecule has 31 heavy (non-hydrogen) atoms. The number of amides is 1. The van der Waals surface area contributed by atoms with E-state index in [0.29, 0.717) is 26.9 Å². The zero-order valence-corrected chi connectivity index (χ0v) is 19.6. The first-order valence-corrected chi connectivity index (χ1v) is 12.1. The van der Waals surface area contributed by atoms with Gasteiger partial charge in [0.1, 0.15) is 11.6 Å². The third kappa shape index (κ3) is 5.14. The Morgan fingerprint density at radius 1 is 1.19 bits per heavy atom. The molecule has 0 aliphatic heterocycles. The number of hydrogen-bond donors (Lipinski definition) is 1. The minimum absolute atomic E-state index is 0.0226. The van der Waals surface area contributed by atoms with E-state index in [1.807, 2.05) is 30.6 Å². The lowest BCUT2D eigenvalue weighted by Crippen LogP contribution is -2.13. The number of aryl methyl sites for hydroxylation is 1. The predicted octanol–water partition coefficient (Wildman–Crippen LogP) is 4.20. The van der Waals surface area contributed by atoms with E-state index in [-0.39, 0.29) is 15.0 Å². The molecule has 0 spiro atoms. The van der Waals surface area contributed by atoms with Gasteiger partial charge in [0.2, 0.25) is 19.3 Å². The molecule has 2 aromatic heterocycles. The van der Waals surface area contributed by atoms with Gasteiger partial charge < -0.3 is 4.57 Å². The van der Waals surface area contributed by atoms with Gasteiger partial charge in [-0.1, -0.05) is 34.5 Å². The number of nitriles is 1. The van der Waals surface area contributed by atoms with Crippen LogP contribution < -0.4 is 5.32 Å². The maximum Gasteiger partial charge on any atom is 0.268 e. The Morgan fingerprint density at radius 3 is 2.39 bits per heavy atom. The van der Waals surface area contributed by atoms with Crippen LogP contribution in [-0.2, 0) is 14.6 Å². The first-order chi connectivity index (χ1) is 14.5. The molecule has 2 heterocycles. The minimum atomic E-state index is -3.54. The van der Waals surface area contributed by atoms with E-state index >= 15 is 0 Å². The summed E-state index contributed by atoms with van der Waals surface area (Å²) in [5, 5.41) is 20.0. The quantitative estimate of drug-likeness (QED) is 0.321. The lowest BCUT2D eigenvalue weighted by molar-refractivity contribution is -0.112. The molecular weight excluding hydrogens is 481 g/mol. The van der Waals surface area contributed by atoms with Crippen LogP contribution in [0.3, 0.4) is 0 Å². The van der Waals surface area contributed by atoms with Crippen LogP contribution in [0.1, 0.15) is 17.0 Å². The Labute approximate surface area is 192 Å². The van der Waals surface area contributed by atoms with Crippen LogP contribution in [0.25, 0.3) is 11.8 Å². The molecule has 0 bridgehead atoms. The summed E-state index contributed by atoms with van der Waals surface area (Å²) < 4.78 is 24.7. The molecule has 3 aromatic rings. The largest absolute Gasteiger partial charge is 0.318 e.